The van der Waals surface area contributed by atoms with Gasteiger partial charge >= 0.3 is 0 Å². The summed E-state index contributed by atoms with van der Waals surface area (Å²) in [6, 6.07) is 2.77. The molecule has 0 aliphatic carbocycles. The van der Waals surface area contributed by atoms with Crippen LogP contribution in [0.1, 0.15) is 13.8 Å². The lowest BCUT2D eigenvalue weighted by Gasteiger charge is -2.10. The molecule has 0 aromatic heterocycles. The molecule has 1 amide bonds. The van der Waals surface area contributed by atoms with Gasteiger partial charge < -0.3 is 10.6 Å². The van der Waals surface area contributed by atoms with E-state index < -0.39 is 5.82 Å². The Morgan fingerprint density at radius 3 is 2.39 bits per heavy atom. The van der Waals surface area contributed by atoms with E-state index in [1.807, 2.05) is 13.8 Å². The summed E-state index contributed by atoms with van der Waals surface area (Å²) in [4.78, 5) is 11.4. The molecule has 1 aromatic rings. The molecule has 18 heavy (non-hydrogen) atoms. The maximum Gasteiger partial charge on any atom is 0.239 e. The highest BCUT2D eigenvalue weighted by molar-refractivity contribution is 6.35. The highest BCUT2D eigenvalue weighted by atomic mass is 35.5. The number of carbonyl (C=O) groups excluding carboxylic acids is 1. The van der Waals surface area contributed by atoms with Gasteiger partial charge in [0.2, 0.25) is 5.91 Å². The molecule has 1 rings (SSSR count). The van der Waals surface area contributed by atoms with E-state index in [4.69, 9.17) is 23.2 Å². The predicted octanol–water partition coefficient (Wildman–Crippen LogP) is 3.32. The average Bonchev–Trinajstić information content (AvgIpc) is 2.30. The Labute approximate surface area is 116 Å². The molecular formula is C12H15Cl2FN2O. The zero-order chi connectivity index (χ0) is 13.7. The zero-order valence-corrected chi connectivity index (χ0v) is 11.7. The molecule has 0 saturated carbocycles. The number of carbonyl (C=O) groups is 1. The molecule has 0 bridgehead atoms. The minimum absolute atomic E-state index is 0.0763. The second kappa shape index (κ2) is 6.81. The maximum absolute atomic E-state index is 13.1. The molecule has 0 fully saturated rings. The van der Waals surface area contributed by atoms with Gasteiger partial charge in [-0.1, -0.05) is 37.0 Å². The molecule has 6 heteroatoms. The number of halogens is 3. The lowest BCUT2D eigenvalue weighted by molar-refractivity contribution is -0.119. The maximum atomic E-state index is 13.1. The number of rotatable bonds is 5. The molecule has 0 spiro atoms. The van der Waals surface area contributed by atoms with Crippen LogP contribution in [0, 0.1) is 11.7 Å². The van der Waals surface area contributed by atoms with Crippen molar-refractivity contribution in [2.75, 3.05) is 18.4 Å². The van der Waals surface area contributed by atoms with Gasteiger partial charge in [0.05, 0.1) is 16.6 Å². The van der Waals surface area contributed by atoms with Crippen molar-refractivity contribution in [2.45, 2.75) is 13.8 Å². The van der Waals surface area contributed by atoms with Gasteiger partial charge in [0.1, 0.15) is 0 Å². The van der Waals surface area contributed by atoms with Gasteiger partial charge in [-0.3, -0.25) is 4.79 Å². The quantitative estimate of drug-likeness (QED) is 0.818. The van der Waals surface area contributed by atoms with Crippen LogP contribution in [0.15, 0.2) is 12.1 Å². The van der Waals surface area contributed by atoms with Crippen LogP contribution in [0.3, 0.4) is 0 Å². The molecule has 0 aliphatic heterocycles. The fourth-order valence-electron chi connectivity index (χ4n) is 1.22. The van der Waals surface area contributed by atoms with Crippen LogP contribution in [0.4, 0.5) is 10.1 Å². The largest absolute Gasteiger partial charge is 0.376 e. The summed E-state index contributed by atoms with van der Waals surface area (Å²) in [5.74, 6) is -0.405. The first kappa shape index (κ1) is 15.1. The SMILES string of the molecule is CC(C)CNC(=O)CNc1cc(Cl)c(F)c(Cl)c1. The molecule has 0 unspecified atom stereocenters. The van der Waals surface area contributed by atoms with Crippen LogP contribution in [0.5, 0.6) is 0 Å². The molecule has 0 aliphatic rings. The fourth-order valence-corrected chi connectivity index (χ4v) is 1.71. The number of nitrogens with one attached hydrogen (secondary N) is 2. The first-order valence-electron chi connectivity index (χ1n) is 5.55. The first-order valence-corrected chi connectivity index (χ1v) is 6.31. The third kappa shape index (κ3) is 4.70. The van der Waals surface area contributed by atoms with Gasteiger partial charge in [-0.2, -0.15) is 0 Å². The highest BCUT2D eigenvalue weighted by Gasteiger charge is 2.08. The number of anilines is 1. The molecule has 0 saturated heterocycles. The topological polar surface area (TPSA) is 41.1 Å². The summed E-state index contributed by atoms with van der Waals surface area (Å²) in [6.07, 6.45) is 0. The lowest BCUT2D eigenvalue weighted by Crippen LogP contribution is -2.32. The molecule has 3 nitrogen and oxygen atoms in total. The van der Waals surface area contributed by atoms with Gasteiger partial charge in [0.15, 0.2) is 5.82 Å². The highest BCUT2D eigenvalue weighted by Crippen LogP contribution is 2.27. The molecule has 0 atom stereocenters. The van der Waals surface area contributed by atoms with Crippen molar-refractivity contribution in [2.24, 2.45) is 5.92 Å². The smallest absolute Gasteiger partial charge is 0.239 e. The van der Waals surface area contributed by atoms with E-state index in [1.165, 1.54) is 12.1 Å². The lowest BCUT2D eigenvalue weighted by atomic mass is 10.2. The van der Waals surface area contributed by atoms with Crippen LogP contribution in [0.25, 0.3) is 0 Å². The summed E-state index contributed by atoms with van der Waals surface area (Å²) >= 11 is 11.3. The van der Waals surface area contributed by atoms with Gasteiger partial charge in [0, 0.05) is 12.2 Å². The molecule has 1 aromatic carbocycles. The number of benzene rings is 1. The molecule has 100 valence electrons. The van der Waals surface area contributed by atoms with Crippen molar-refractivity contribution >= 4 is 34.8 Å². The van der Waals surface area contributed by atoms with Crippen molar-refractivity contribution in [1.82, 2.24) is 5.32 Å². The molecule has 0 heterocycles. The molecule has 0 radical (unpaired) electrons. The van der Waals surface area contributed by atoms with E-state index in [2.05, 4.69) is 10.6 Å². The van der Waals surface area contributed by atoms with Gasteiger partial charge in [0.25, 0.3) is 0 Å². The first-order chi connectivity index (χ1) is 8.40. The van der Waals surface area contributed by atoms with Gasteiger partial charge in [-0.15, -0.1) is 0 Å². The Morgan fingerprint density at radius 1 is 1.33 bits per heavy atom. The predicted molar refractivity (Wildman–Crippen MR) is 72.8 cm³/mol. The summed E-state index contributed by atoms with van der Waals surface area (Å²) in [7, 11) is 0. The second-order valence-electron chi connectivity index (χ2n) is 4.31. The van der Waals surface area contributed by atoms with E-state index in [0.717, 1.165) is 0 Å². The Kier molecular flexibility index (Phi) is 5.69. The van der Waals surface area contributed by atoms with Crippen LogP contribution in [-0.2, 0) is 4.79 Å². The molecular weight excluding hydrogens is 278 g/mol. The van der Waals surface area contributed by atoms with E-state index in [0.29, 0.717) is 18.2 Å². The monoisotopic (exact) mass is 292 g/mol. The number of hydrogen-bond donors (Lipinski definition) is 2. The summed E-state index contributed by atoms with van der Waals surface area (Å²) in [6.45, 7) is 4.72. The Bertz CT molecular complexity index is 415. The minimum atomic E-state index is -0.659. The Morgan fingerprint density at radius 2 is 1.89 bits per heavy atom. The summed E-state index contributed by atoms with van der Waals surface area (Å²) in [5.41, 5.74) is 0.506. The van der Waals surface area contributed by atoms with Crippen LogP contribution in [0.2, 0.25) is 10.0 Å². The van der Waals surface area contributed by atoms with E-state index in [1.54, 1.807) is 0 Å². The van der Waals surface area contributed by atoms with E-state index in [-0.39, 0.29) is 22.5 Å². The van der Waals surface area contributed by atoms with Gasteiger partial charge in [-0.05, 0) is 18.1 Å². The van der Waals surface area contributed by atoms with Crippen LogP contribution >= 0.6 is 23.2 Å². The second-order valence-corrected chi connectivity index (χ2v) is 5.12. The Balaban J connectivity index is 2.51. The third-order valence-electron chi connectivity index (χ3n) is 2.14. The number of hydrogen-bond acceptors (Lipinski definition) is 2. The standard InChI is InChI=1S/C12H15Cl2FN2O/c1-7(2)5-17-11(18)6-16-8-3-9(13)12(15)10(14)4-8/h3-4,7,16H,5-6H2,1-2H3,(H,17,18). The third-order valence-corrected chi connectivity index (χ3v) is 2.69. The summed E-state index contributed by atoms with van der Waals surface area (Å²) in [5, 5.41) is 5.43. The minimum Gasteiger partial charge on any atom is -0.376 e. The van der Waals surface area contributed by atoms with Crippen molar-refractivity contribution in [3.05, 3.63) is 28.0 Å². The van der Waals surface area contributed by atoms with Gasteiger partial charge in [-0.25, -0.2) is 4.39 Å². The van der Waals surface area contributed by atoms with Crippen molar-refractivity contribution in [3.63, 3.8) is 0 Å². The van der Waals surface area contributed by atoms with E-state index in [9.17, 15) is 9.18 Å². The Hall–Kier alpha value is -1.00. The van der Waals surface area contributed by atoms with Crippen molar-refractivity contribution in [3.8, 4) is 0 Å². The van der Waals surface area contributed by atoms with Crippen LogP contribution in [-0.4, -0.2) is 19.0 Å². The summed E-state index contributed by atoms with van der Waals surface area (Å²) < 4.78 is 13.1. The van der Waals surface area contributed by atoms with Crippen LogP contribution < -0.4 is 10.6 Å². The van der Waals surface area contributed by atoms with E-state index >= 15 is 0 Å². The van der Waals surface area contributed by atoms with Crippen molar-refractivity contribution in [1.29, 1.82) is 0 Å². The normalized spacial score (nSPS) is 10.6. The average molecular weight is 293 g/mol. The zero-order valence-electron chi connectivity index (χ0n) is 10.2. The van der Waals surface area contributed by atoms with Crippen molar-refractivity contribution < 1.29 is 9.18 Å². The number of amides is 1. The molecule has 2 N–H and O–H groups in total. The fraction of sp³-hybridized carbons (Fsp3) is 0.417.